The number of benzene rings is 1. The van der Waals surface area contributed by atoms with Crippen molar-refractivity contribution in [2.75, 3.05) is 31.6 Å². The van der Waals surface area contributed by atoms with Crippen molar-refractivity contribution in [2.24, 2.45) is 5.92 Å². The first kappa shape index (κ1) is 15.6. The van der Waals surface area contributed by atoms with E-state index in [2.05, 4.69) is 5.32 Å². The second kappa shape index (κ2) is 6.16. The van der Waals surface area contributed by atoms with Crippen LogP contribution >= 0.6 is 0 Å². The fourth-order valence-electron chi connectivity index (χ4n) is 3.82. The maximum Gasteiger partial charge on any atom is 0.321 e. The van der Waals surface area contributed by atoms with Crippen molar-refractivity contribution in [3.63, 3.8) is 0 Å². The van der Waals surface area contributed by atoms with Crippen LogP contribution in [0.15, 0.2) is 18.2 Å². The van der Waals surface area contributed by atoms with E-state index in [1.807, 2.05) is 18.2 Å². The van der Waals surface area contributed by atoms with Gasteiger partial charge in [-0.15, -0.1) is 0 Å². The number of para-hydroxylation sites is 1. The Balaban J connectivity index is 1.39. The first-order valence-corrected chi connectivity index (χ1v) is 8.83. The molecule has 2 amide bonds. The molecule has 3 aliphatic rings. The summed E-state index contributed by atoms with van der Waals surface area (Å²) in [5.74, 6) is 1.69. The van der Waals surface area contributed by atoms with E-state index in [0.717, 1.165) is 12.8 Å². The van der Waals surface area contributed by atoms with Gasteiger partial charge in [-0.2, -0.15) is 0 Å². The molecule has 1 aromatic rings. The van der Waals surface area contributed by atoms with E-state index in [9.17, 15) is 9.90 Å². The summed E-state index contributed by atoms with van der Waals surface area (Å²) in [5.41, 5.74) is 0.0646. The zero-order chi connectivity index (χ0) is 16.6. The van der Waals surface area contributed by atoms with Crippen molar-refractivity contribution < 1.29 is 19.4 Å². The van der Waals surface area contributed by atoms with E-state index in [1.165, 1.54) is 6.42 Å². The van der Waals surface area contributed by atoms with Gasteiger partial charge in [-0.05, 0) is 43.7 Å². The number of amides is 2. The van der Waals surface area contributed by atoms with E-state index in [4.69, 9.17) is 9.47 Å². The molecule has 2 heterocycles. The summed E-state index contributed by atoms with van der Waals surface area (Å²) in [4.78, 5) is 14.3. The standard InChI is InChI=1S/C18H24N2O4/c21-17(19-14-5-2-6-15-16(14)24-12-11-23-15)20-9-7-18(22,8-10-20)13-3-1-4-13/h2,5-6,13,22H,1,3-4,7-12H2,(H,19,21). The molecule has 0 spiro atoms. The summed E-state index contributed by atoms with van der Waals surface area (Å²) in [6, 6.07) is 5.35. The van der Waals surface area contributed by atoms with Gasteiger partial charge in [-0.25, -0.2) is 4.79 Å². The van der Waals surface area contributed by atoms with Gasteiger partial charge in [-0.3, -0.25) is 0 Å². The van der Waals surface area contributed by atoms with Crippen molar-refractivity contribution in [1.29, 1.82) is 0 Å². The third kappa shape index (κ3) is 2.79. The number of anilines is 1. The number of carbonyl (C=O) groups excluding carboxylic acids is 1. The summed E-state index contributed by atoms with van der Waals surface area (Å²) < 4.78 is 11.2. The Bertz CT molecular complexity index is 621. The van der Waals surface area contributed by atoms with E-state index < -0.39 is 5.60 Å². The van der Waals surface area contributed by atoms with Crippen molar-refractivity contribution in [3.05, 3.63) is 18.2 Å². The molecule has 6 heteroatoms. The number of hydrogen-bond donors (Lipinski definition) is 2. The second-order valence-corrected chi connectivity index (χ2v) is 6.98. The summed E-state index contributed by atoms with van der Waals surface area (Å²) in [6.45, 7) is 2.19. The number of carbonyl (C=O) groups is 1. The topological polar surface area (TPSA) is 71.0 Å². The molecule has 0 aromatic heterocycles. The van der Waals surface area contributed by atoms with Gasteiger partial charge in [-0.1, -0.05) is 12.5 Å². The Morgan fingerprint density at radius 3 is 2.67 bits per heavy atom. The Morgan fingerprint density at radius 2 is 1.96 bits per heavy atom. The average Bonchev–Trinajstić information content (AvgIpc) is 2.54. The lowest BCUT2D eigenvalue weighted by Gasteiger charge is -2.46. The fraction of sp³-hybridized carbons (Fsp3) is 0.611. The molecule has 0 atom stereocenters. The largest absolute Gasteiger partial charge is 0.486 e. The van der Waals surface area contributed by atoms with Crippen LogP contribution in [-0.4, -0.2) is 47.9 Å². The zero-order valence-corrected chi connectivity index (χ0v) is 13.8. The molecule has 2 fully saturated rings. The zero-order valence-electron chi connectivity index (χ0n) is 13.8. The third-order valence-corrected chi connectivity index (χ3v) is 5.59. The van der Waals surface area contributed by atoms with Crippen molar-refractivity contribution >= 4 is 11.7 Å². The minimum atomic E-state index is -0.572. The molecular formula is C18H24N2O4. The van der Waals surface area contributed by atoms with Gasteiger partial charge in [0.05, 0.1) is 11.3 Å². The van der Waals surface area contributed by atoms with Crippen molar-refractivity contribution in [1.82, 2.24) is 4.90 Å². The summed E-state index contributed by atoms with van der Waals surface area (Å²) >= 11 is 0. The maximum absolute atomic E-state index is 12.6. The van der Waals surface area contributed by atoms with Crippen LogP contribution in [0.5, 0.6) is 11.5 Å². The Hall–Kier alpha value is -1.95. The average molecular weight is 332 g/mol. The van der Waals surface area contributed by atoms with Crippen LogP contribution in [-0.2, 0) is 0 Å². The van der Waals surface area contributed by atoms with Gasteiger partial charge in [0.25, 0.3) is 0 Å². The smallest absolute Gasteiger partial charge is 0.321 e. The molecule has 2 N–H and O–H groups in total. The summed E-state index contributed by atoms with van der Waals surface area (Å²) in [7, 11) is 0. The summed E-state index contributed by atoms with van der Waals surface area (Å²) in [6.07, 6.45) is 4.79. The number of urea groups is 1. The second-order valence-electron chi connectivity index (χ2n) is 6.98. The van der Waals surface area contributed by atoms with Gasteiger partial charge in [0.15, 0.2) is 11.5 Å². The first-order chi connectivity index (χ1) is 11.7. The number of rotatable bonds is 2. The minimum absolute atomic E-state index is 0.145. The van der Waals surface area contributed by atoms with Crippen LogP contribution in [0.25, 0.3) is 0 Å². The van der Waals surface area contributed by atoms with Crippen LogP contribution in [0.1, 0.15) is 32.1 Å². The number of nitrogens with zero attached hydrogens (tertiary/aromatic N) is 1. The quantitative estimate of drug-likeness (QED) is 0.873. The maximum atomic E-state index is 12.6. The summed E-state index contributed by atoms with van der Waals surface area (Å²) in [5, 5.41) is 13.7. The van der Waals surface area contributed by atoms with Crippen LogP contribution in [0.3, 0.4) is 0 Å². The number of piperidine rings is 1. The molecule has 130 valence electrons. The van der Waals surface area contributed by atoms with Gasteiger partial charge < -0.3 is 24.8 Å². The highest BCUT2D eigenvalue weighted by molar-refractivity contribution is 5.91. The predicted molar refractivity (Wildman–Crippen MR) is 89.5 cm³/mol. The van der Waals surface area contributed by atoms with E-state index in [0.29, 0.717) is 62.2 Å². The molecule has 1 saturated carbocycles. The van der Waals surface area contributed by atoms with Crippen LogP contribution in [0, 0.1) is 5.92 Å². The van der Waals surface area contributed by atoms with Gasteiger partial charge in [0, 0.05) is 13.1 Å². The van der Waals surface area contributed by atoms with Gasteiger partial charge in [0.1, 0.15) is 13.2 Å². The Kier molecular flexibility index (Phi) is 4.00. The molecule has 1 aromatic carbocycles. The number of likely N-dealkylation sites (tertiary alicyclic amines) is 1. The SMILES string of the molecule is O=C(Nc1cccc2c1OCCO2)N1CCC(O)(C2CCC2)CC1. The lowest BCUT2D eigenvalue weighted by atomic mass is 9.69. The molecule has 0 bridgehead atoms. The molecule has 6 nitrogen and oxygen atoms in total. The monoisotopic (exact) mass is 332 g/mol. The van der Waals surface area contributed by atoms with Crippen LogP contribution < -0.4 is 14.8 Å². The third-order valence-electron chi connectivity index (χ3n) is 5.59. The number of aliphatic hydroxyl groups is 1. The van der Waals surface area contributed by atoms with Crippen LogP contribution in [0.2, 0.25) is 0 Å². The van der Waals surface area contributed by atoms with Crippen molar-refractivity contribution in [2.45, 2.75) is 37.7 Å². The number of hydrogen-bond acceptors (Lipinski definition) is 4. The molecule has 4 rings (SSSR count). The molecule has 1 saturated heterocycles. The Morgan fingerprint density at radius 1 is 1.21 bits per heavy atom. The highest BCUT2D eigenvalue weighted by Crippen LogP contribution is 2.42. The molecule has 1 aliphatic carbocycles. The number of nitrogens with one attached hydrogen (secondary N) is 1. The van der Waals surface area contributed by atoms with Gasteiger partial charge >= 0.3 is 6.03 Å². The fourth-order valence-corrected chi connectivity index (χ4v) is 3.82. The van der Waals surface area contributed by atoms with E-state index >= 15 is 0 Å². The van der Waals surface area contributed by atoms with E-state index in [1.54, 1.807) is 4.90 Å². The normalized spacial score (nSPS) is 22.6. The van der Waals surface area contributed by atoms with E-state index in [-0.39, 0.29) is 6.03 Å². The Labute approximate surface area is 141 Å². The minimum Gasteiger partial charge on any atom is -0.486 e. The highest BCUT2D eigenvalue weighted by Gasteiger charge is 2.43. The first-order valence-electron chi connectivity index (χ1n) is 8.83. The molecular weight excluding hydrogens is 308 g/mol. The molecule has 0 unspecified atom stereocenters. The van der Waals surface area contributed by atoms with Crippen molar-refractivity contribution in [3.8, 4) is 11.5 Å². The highest BCUT2D eigenvalue weighted by atomic mass is 16.6. The van der Waals surface area contributed by atoms with Crippen LogP contribution in [0.4, 0.5) is 10.5 Å². The molecule has 24 heavy (non-hydrogen) atoms. The molecule has 2 aliphatic heterocycles. The number of fused-ring (bicyclic) bond motifs is 1. The lowest BCUT2D eigenvalue weighted by Crippen LogP contribution is -2.52. The lowest BCUT2D eigenvalue weighted by molar-refractivity contribution is -0.0845. The number of ether oxygens (including phenoxy) is 2. The predicted octanol–water partition coefficient (Wildman–Crippen LogP) is 2.62. The molecule has 0 radical (unpaired) electrons. The van der Waals surface area contributed by atoms with Gasteiger partial charge in [0.2, 0.25) is 0 Å².